The van der Waals surface area contributed by atoms with Gasteiger partial charge in [-0.15, -0.1) is 0 Å². The summed E-state index contributed by atoms with van der Waals surface area (Å²) in [5.74, 6) is -4.28. The molecule has 1 fully saturated rings. The number of esters is 3. The fraction of sp³-hybridized carbons (Fsp3) is 0.800. The highest BCUT2D eigenvalue weighted by molar-refractivity contribution is 5.96. The van der Waals surface area contributed by atoms with Gasteiger partial charge in [0, 0.05) is 46.3 Å². The fourth-order valence-electron chi connectivity index (χ4n) is 8.09. The van der Waals surface area contributed by atoms with Crippen molar-refractivity contribution < 1.29 is 66.9 Å². The minimum atomic E-state index is -1.67. The van der Waals surface area contributed by atoms with Gasteiger partial charge in [-0.05, 0) is 79.0 Å². The maximum Gasteiger partial charge on any atom is 0.311 e. The Morgan fingerprint density at radius 3 is 2.02 bits per heavy atom. The number of Topliss-reactive ketones (excluding diaryl/α,β-unsaturated/α-hetero) is 1. The van der Waals surface area contributed by atoms with Crippen molar-refractivity contribution in [3.05, 3.63) is 23.8 Å². The van der Waals surface area contributed by atoms with Crippen LogP contribution in [0, 0.1) is 17.8 Å². The van der Waals surface area contributed by atoms with Crippen LogP contribution in [0.3, 0.4) is 0 Å². The molecule has 14 heteroatoms. The van der Waals surface area contributed by atoms with Crippen LogP contribution in [0.15, 0.2) is 23.8 Å². The smallest absolute Gasteiger partial charge is 0.311 e. The van der Waals surface area contributed by atoms with Gasteiger partial charge in [0.2, 0.25) is 0 Å². The molecule has 0 amide bonds. The normalized spacial score (nSPS) is 42.7. The van der Waals surface area contributed by atoms with Gasteiger partial charge in [0.25, 0.3) is 0 Å². The quantitative estimate of drug-likeness (QED) is 0.193. The van der Waals surface area contributed by atoms with E-state index in [-0.39, 0.29) is 25.0 Å². The standard InChI is InChI=1S/C40H64O14/c1-15-30-38(10,45)18-21(2)32(43)22(3)19-39(11,46-13)34(54-37-29(50-27(8)41)17-16-23(4)48-37)24(5)33(25(6)36(44)52-30)53-31-20-40(12,47-14)35(26(7)49-31)51-28(9)42/h16-18,22-26,29-31,33-35,37,45H,15,19-20H2,1-14H3/t22-,23-,24+,25-,26+,29-,30-,31+,33+,34-,35+,37+,38+,39-,40-/m1/s1. The Morgan fingerprint density at radius 2 is 1.46 bits per heavy atom. The molecular formula is C40H64O14. The highest BCUT2D eigenvalue weighted by atomic mass is 16.7. The average Bonchev–Trinajstić information content (AvgIpc) is 3.08. The lowest BCUT2D eigenvalue weighted by Gasteiger charge is -2.49. The van der Waals surface area contributed by atoms with Gasteiger partial charge in [0.1, 0.15) is 17.3 Å². The molecule has 0 aromatic carbocycles. The number of carbonyl (C=O) groups is 4. The van der Waals surface area contributed by atoms with Crippen molar-refractivity contribution in [2.24, 2.45) is 17.8 Å². The van der Waals surface area contributed by atoms with Gasteiger partial charge >= 0.3 is 17.9 Å². The Balaban J connectivity index is 2.23. The molecule has 54 heavy (non-hydrogen) atoms. The number of hydrogen-bond donors (Lipinski definition) is 1. The van der Waals surface area contributed by atoms with E-state index in [0.29, 0.717) is 5.57 Å². The summed E-state index contributed by atoms with van der Waals surface area (Å²) >= 11 is 0. The van der Waals surface area contributed by atoms with Crippen molar-refractivity contribution in [1.29, 1.82) is 0 Å². The van der Waals surface area contributed by atoms with E-state index in [4.69, 9.17) is 42.6 Å². The van der Waals surface area contributed by atoms with Crippen LogP contribution in [0.4, 0.5) is 0 Å². The molecule has 15 atom stereocenters. The predicted octanol–water partition coefficient (Wildman–Crippen LogP) is 4.77. The molecule has 14 nitrogen and oxygen atoms in total. The maximum atomic E-state index is 14.2. The number of allylic oxidation sites excluding steroid dienone is 1. The van der Waals surface area contributed by atoms with Crippen LogP contribution in [-0.2, 0) is 61.8 Å². The first kappa shape index (κ1) is 45.7. The summed E-state index contributed by atoms with van der Waals surface area (Å²) in [6.45, 7) is 20.0. The topological polar surface area (TPSA) is 172 Å². The Hall–Kier alpha value is -2.72. The first-order chi connectivity index (χ1) is 25.0. The first-order valence-corrected chi connectivity index (χ1v) is 18.9. The largest absolute Gasteiger partial charge is 0.459 e. The van der Waals surface area contributed by atoms with E-state index in [9.17, 15) is 24.3 Å². The summed E-state index contributed by atoms with van der Waals surface area (Å²) < 4.78 is 55.5. The molecule has 0 aliphatic carbocycles. The van der Waals surface area contributed by atoms with Crippen molar-refractivity contribution >= 4 is 23.7 Å². The van der Waals surface area contributed by atoms with Crippen LogP contribution >= 0.6 is 0 Å². The lowest BCUT2D eigenvalue weighted by Crippen LogP contribution is -2.60. The second-order valence-corrected chi connectivity index (χ2v) is 15.9. The van der Waals surface area contributed by atoms with Crippen LogP contribution in [0.25, 0.3) is 0 Å². The third-order valence-corrected chi connectivity index (χ3v) is 11.1. The predicted molar refractivity (Wildman–Crippen MR) is 196 cm³/mol. The molecule has 3 aliphatic rings. The van der Waals surface area contributed by atoms with Gasteiger partial charge in [-0.2, -0.15) is 0 Å². The molecule has 0 spiro atoms. The number of rotatable bonds is 9. The van der Waals surface area contributed by atoms with Gasteiger partial charge in [0.15, 0.2) is 30.6 Å². The summed E-state index contributed by atoms with van der Waals surface area (Å²) in [7, 11) is 3.02. The molecule has 308 valence electrons. The zero-order valence-corrected chi connectivity index (χ0v) is 34.5. The Kier molecular flexibility index (Phi) is 15.6. The molecule has 0 saturated carbocycles. The van der Waals surface area contributed by atoms with Crippen LogP contribution in [0.1, 0.15) is 102 Å². The number of hydrogen-bond acceptors (Lipinski definition) is 14. The van der Waals surface area contributed by atoms with E-state index in [0.717, 1.165) is 0 Å². The van der Waals surface area contributed by atoms with Gasteiger partial charge in [-0.25, -0.2) is 0 Å². The number of ether oxygens (including phenoxy) is 9. The Bertz CT molecular complexity index is 1390. The molecule has 3 aliphatic heterocycles. The molecule has 0 radical (unpaired) electrons. The minimum absolute atomic E-state index is 0.119. The first-order valence-electron chi connectivity index (χ1n) is 18.9. The number of carbonyl (C=O) groups excluding carboxylic acids is 4. The van der Waals surface area contributed by atoms with Gasteiger partial charge in [-0.3, -0.25) is 19.2 Å². The molecule has 3 heterocycles. The number of aliphatic hydroxyl groups is 1. The SMILES string of the molecule is CC[C@H]1OC(=O)[C@H](C)[C@@H](O[C@H]2C[C@@](C)(OC)[C@@H](OC(C)=O)[C@H](C)O2)[C@H](C)[C@@H](O[C@@H]2O[C@H](C)C=C[C@H]2OC(C)=O)[C@](C)(OC)C[C@@H](C)C(=O)C(C)=C[C@]1(C)O. The summed E-state index contributed by atoms with van der Waals surface area (Å²) in [6, 6.07) is 0. The monoisotopic (exact) mass is 768 g/mol. The summed E-state index contributed by atoms with van der Waals surface area (Å²) in [6.07, 6.45) is -2.37. The lowest BCUT2D eigenvalue weighted by molar-refractivity contribution is -0.311. The molecule has 1 N–H and O–H groups in total. The molecule has 0 bridgehead atoms. The fourth-order valence-corrected chi connectivity index (χ4v) is 8.09. The van der Waals surface area contributed by atoms with Crippen LogP contribution in [0.2, 0.25) is 0 Å². The highest BCUT2D eigenvalue weighted by Crippen LogP contribution is 2.41. The van der Waals surface area contributed by atoms with E-state index in [1.807, 2.05) is 13.8 Å². The average molecular weight is 769 g/mol. The van der Waals surface area contributed by atoms with Gasteiger partial charge < -0.3 is 47.7 Å². The molecule has 3 rings (SSSR count). The Morgan fingerprint density at radius 1 is 0.870 bits per heavy atom. The van der Waals surface area contributed by atoms with Crippen LogP contribution in [-0.4, -0.2) is 115 Å². The van der Waals surface area contributed by atoms with Crippen LogP contribution in [0.5, 0.6) is 0 Å². The highest BCUT2D eigenvalue weighted by Gasteiger charge is 2.53. The second-order valence-electron chi connectivity index (χ2n) is 15.9. The summed E-state index contributed by atoms with van der Waals surface area (Å²) in [5, 5.41) is 11.6. The summed E-state index contributed by atoms with van der Waals surface area (Å²) in [4.78, 5) is 52.3. The third kappa shape index (κ3) is 10.8. The second kappa shape index (κ2) is 18.5. The van der Waals surface area contributed by atoms with E-state index < -0.39 is 108 Å². The van der Waals surface area contributed by atoms with E-state index in [2.05, 4.69) is 0 Å². The lowest BCUT2D eigenvalue weighted by atomic mass is 9.76. The molecular weight excluding hydrogens is 704 g/mol. The zero-order chi connectivity index (χ0) is 40.9. The zero-order valence-electron chi connectivity index (χ0n) is 34.5. The number of cyclic esters (lactones) is 1. The number of ketones is 1. The van der Waals surface area contributed by atoms with E-state index in [1.54, 1.807) is 60.6 Å². The van der Waals surface area contributed by atoms with Crippen LogP contribution < -0.4 is 0 Å². The van der Waals surface area contributed by atoms with Crippen molar-refractivity contribution in [2.75, 3.05) is 14.2 Å². The van der Waals surface area contributed by atoms with Gasteiger partial charge in [0.05, 0.1) is 35.9 Å². The molecule has 0 aromatic heterocycles. The Labute approximate surface area is 320 Å². The molecule has 0 unspecified atom stereocenters. The molecule has 1 saturated heterocycles. The van der Waals surface area contributed by atoms with Crippen molar-refractivity contribution in [2.45, 2.75) is 174 Å². The number of methoxy groups -OCH3 is 2. The van der Waals surface area contributed by atoms with E-state index >= 15 is 0 Å². The van der Waals surface area contributed by atoms with Crippen molar-refractivity contribution in [3.63, 3.8) is 0 Å². The minimum Gasteiger partial charge on any atom is -0.459 e. The molecule has 0 aromatic rings. The van der Waals surface area contributed by atoms with Crippen molar-refractivity contribution in [3.8, 4) is 0 Å². The van der Waals surface area contributed by atoms with Crippen molar-refractivity contribution in [1.82, 2.24) is 0 Å². The van der Waals surface area contributed by atoms with Gasteiger partial charge in [-0.1, -0.05) is 26.8 Å². The summed E-state index contributed by atoms with van der Waals surface area (Å²) in [5.41, 5.74) is -3.64. The van der Waals surface area contributed by atoms with E-state index in [1.165, 1.54) is 41.1 Å². The third-order valence-electron chi connectivity index (χ3n) is 11.1. The maximum absolute atomic E-state index is 14.2.